The maximum atomic E-state index is 5.56. The van der Waals surface area contributed by atoms with Gasteiger partial charge in [-0.25, -0.2) is 9.67 Å². The van der Waals surface area contributed by atoms with E-state index < -0.39 is 0 Å². The smallest absolute Gasteiger partial charge is 0.160 e. The van der Waals surface area contributed by atoms with Gasteiger partial charge >= 0.3 is 0 Å². The average molecular weight is 654 g/mol. The van der Waals surface area contributed by atoms with Gasteiger partial charge in [0.1, 0.15) is 5.82 Å². The topological polar surface area (TPSA) is 60.5 Å². The Labute approximate surface area is 212 Å². The quantitative estimate of drug-likeness (QED) is 0.300. The molecule has 7 nitrogen and oxygen atoms in total. The van der Waals surface area contributed by atoms with Gasteiger partial charge in [0.2, 0.25) is 0 Å². The SMILES string of the molecule is C=C/C=C(\C=C/C)c1cc2nc(-n3ccc(C4([CH2-])CC4)n3)cc(N3CCOCC3)n2n1.[U]. The van der Waals surface area contributed by atoms with Crippen molar-refractivity contribution < 1.29 is 35.9 Å². The molecule has 1 aliphatic carbocycles. The van der Waals surface area contributed by atoms with Crippen molar-refractivity contribution in [3.05, 3.63) is 73.6 Å². The summed E-state index contributed by atoms with van der Waals surface area (Å²) in [6.07, 6.45) is 11.9. The number of anilines is 1. The van der Waals surface area contributed by atoms with Crippen LogP contribution in [0.1, 0.15) is 31.2 Å². The summed E-state index contributed by atoms with van der Waals surface area (Å²) >= 11 is 0. The second kappa shape index (κ2) is 9.38. The van der Waals surface area contributed by atoms with Crippen molar-refractivity contribution in [2.75, 3.05) is 31.2 Å². The van der Waals surface area contributed by atoms with Gasteiger partial charge in [0.05, 0.1) is 18.9 Å². The number of nitrogens with zero attached hydrogens (tertiary/aromatic N) is 6. The van der Waals surface area contributed by atoms with E-state index in [2.05, 4.69) is 30.5 Å². The van der Waals surface area contributed by atoms with Crippen molar-refractivity contribution in [2.24, 2.45) is 0 Å². The number of aromatic nitrogens is 5. The Morgan fingerprint density at radius 2 is 2.00 bits per heavy atom. The first-order valence-corrected chi connectivity index (χ1v) is 10.7. The third-order valence-electron chi connectivity index (χ3n) is 5.89. The van der Waals surface area contributed by atoms with Gasteiger partial charge in [-0.05, 0) is 13.0 Å². The number of allylic oxidation sites excluding steroid dienone is 5. The second-order valence-corrected chi connectivity index (χ2v) is 8.16. The first-order chi connectivity index (χ1) is 15.1. The predicted octanol–water partition coefficient (Wildman–Crippen LogP) is 3.76. The van der Waals surface area contributed by atoms with Crippen molar-refractivity contribution in [1.29, 1.82) is 0 Å². The van der Waals surface area contributed by atoms with Crippen LogP contribution in [0.5, 0.6) is 0 Å². The van der Waals surface area contributed by atoms with Gasteiger partial charge in [-0.1, -0.05) is 43.7 Å². The van der Waals surface area contributed by atoms with Crippen LogP contribution in [0.3, 0.4) is 0 Å². The van der Waals surface area contributed by atoms with E-state index in [1.54, 1.807) is 6.08 Å². The maximum absolute atomic E-state index is 5.56. The molecule has 3 aromatic heterocycles. The zero-order valence-electron chi connectivity index (χ0n) is 18.4. The number of hydrogen-bond acceptors (Lipinski definition) is 5. The first-order valence-electron chi connectivity index (χ1n) is 10.7. The standard InChI is InChI=1S/C24H27N6O.U/c1-4-6-18(7-5-2)19-16-22-25-21(29-11-8-20(27-29)24(3)9-10-24)17-23(30(22)26-19)28-12-14-31-15-13-28;/h4-8,11,16-17H,1,3,9-10,12-15H2,2H3;/q-1;/b7-5-,18-6+;. The van der Waals surface area contributed by atoms with Gasteiger partial charge in [-0.3, -0.25) is 0 Å². The van der Waals surface area contributed by atoms with Crippen LogP contribution in [0.2, 0.25) is 0 Å². The van der Waals surface area contributed by atoms with E-state index in [0.29, 0.717) is 13.2 Å². The molecule has 1 aliphatic heterocycles. The fourth-order valence-corrected chi connectivity index (χ4v) is 3.90. The molecule has 3 aromatic rings. The molecule has 0 spiro atoms. The summed E-state index contributed by atoms with van der Waals surface area (Å²) in [5.41, 5.74) is 3.63. The number of rotatable bonds is 6. The fraction of sp³-hybridized carbons (Fsp3) is 0.333. The van der Waals surface area contributed by atoms with Crippen LogP contribution in [-0.4, -0.2) is 50.7 Å². The van der Waals surface area contributed by atoms with Crippen LogP contribution in [0.15, 0.2) is 55.3 Å². The summed E-state index contributed by atoms with van der Waals surface area (Å²) in [5.74, 6) is 1.76. The number of ether oxygens (including phenoxy) is 1. The summed E-state index contributed by atoms with van der Waals surface area (Å²) < 4.78 is 9.33. The molecule has 164 valence electrons. The summed E-state index contributed by atoms with van der Waals surface area (Å²) in [7, 11) is 0. The molecule has 2 fully saturated rings. The van der Waals surface area contributed by atoms with Gasteiger partial charge in [-0.2, -0.15) is 14.7 Å². The summed E-state index contributed by atoms with van der Waals surface area (Å²) in [4.78, 5) is 7.18. The molecular weight excluding hydrogens is 626 g/mol. The largest absolute Gasteiger partial charge is 0.378 e. The zero-order valence-corrected chi connectivity index (χ0v) is 22.5. The Hall–Kier alpha value is -2.14. The predicted molar refractivity (Wildman–Crippen MR) is 122 cm³/mol. The maximum Gasteiger partial charge on any atom is 0.160 e. The molecule has 0 amide bonds. The molecule has 0 atom stereocenters. The molecule has 8 heteroatoms. The molecule has 1 saturated carbocycles. The molecule has 4 heterocycles. The summed E-state index contributed by atoms with van der Waals surface area (Å²) in [6, 6.07) is 6.12. The zero-order chi connectivity index (χ0) is 21.4. The Bertz CT molecular complexity index is 1180. The molecule has 0 unspecified atom stereocenters. The molecule has 5 rings (SSSR count). The minimum atomic E-state index is -0.0248. The van der Waals surface area contributed by atoms with Crippen molar-refractivity contribution in [2.45, 2.75) is 25.2 Å². The Morgan fingerprint density at radius 1 is 1.22 bits per heavy atom. The number of hydrogen-bond donors (Lipinski definition) is 0. The van der Waals surface area contributed by atoms with E-state index in [-0.39, 0.29) is 36.5 Å². The summed E-state index contributed by atoms with van der Waals surface area (Å²) in [6.45, 7) is 13.1. The van der Waals surface area contributed by atoms with Crippen molar-refractivity contribution in [1.82, 2.24) is 24.4 Å². The van der Waals surface area contributed by atoms with Crippen molar-refractivity contribution >= 4 is 17.0 Å². The van der Waals surface area contributed by atoms with E-state index in [4.69, 9.17) is 19.9 Å². The van der Waals surface area contributed by atoms with E-state index in [1.165, 1.54) is 0 Å². The third kappa shape index (κ3) is 4.37. The second-order valence-electron chi connectivity index (χ2n) is 8.16. The molecule has 0 radical (unpaired) electrons. The molecule has 32 heavy (non-hydrogen) atoms. The van der Waals surface area contributed by atoms with Crippen molar-refractivity contribution in [3.63, 3.8) is 0 Å². The number of morpholine rings is 1. The minimum Gasteiger partial charge on any atom is -0.378 e. The molecule has 0 N–H and O–H groups in total. The minimum absolute atomic E-state index is 0. The fourth-order valence-electron chi connectivity index (χ4n) is 3.90. The van der Waals surface area contributed by atoms with Gasteiger partial charge in [0, 0.05) is 73.8 Å². The van der Waals surface area contributed by atoms with Crippen LogP contribution < -0.4 is 4.90 Å². The molecular formula is C24H27N6OU-. The molecule has 0 aromatic carbocycles. The van der Waals surface area contributed by atoms with Crippen LogP contribution >= 0.6 is 0 Å². The Morgan fingerprint density at radius 3 is 2.69 bits per heavy atom. The third-order valence-corrected chi connectivity index (χ3v) is 5.89. The van der Waals surface area contributed by atoms with Crippen LogP contribution in [0, 0.1) is 38.0 Å². The molecule has 0 bridgehead atoms. The van der Waals surface area contributed by atoms with Gasteiger partial charge in [-0.15, -0.1) is 5.41 Å². The molecule has 1 saturated heterocycles. The van der Waals surface area contributed by atoms with Crippen LogP contribution in [0.25, 0.3) is 17.0 Å². The molecule has 2 aliphatic rings. The summed E-state index contributed by atoms with van der Waals surface area (Å²) in [5, 5.41) is 9.67. The number of fused-ring (bicyclic) bond motifs is 1. The Kier molecular flexibility index (Phi) is 6.76. The first kappa shape index (κ1) is 23.0. The van der Waals surface area contributed by atoms with E-state index in [0.717, 1.165) is 60.2 Å². The normalized spacial score (nSPS) is 18.2. The van der Waals surface area contributed by atoms with E-state index >= 15 is 0 Å². The van der Waals surface area contributed by atoms with Gasteiger partial charge < -0.3 is 16.6 Å². The van der Waals surface area contributed by atoms with E-state index in [1.807, 2.05) is 46.6 Å². The monoisotopic (exact) mass is 653 g/mol. The van der Waals surface area contributed by atoms with Gasteiger partial charge in [0.25, 0.3) is 0 Å². The average Bonchev–Trinajstić information content (AvgIpc) is 3.20. The Balaban J connectivity index is 0.00000245. The van der Waals surface area contributed by atoms with Gasteiger partial charge in [0.15, 0.2) is 11.5 Å². The van der Waals surface area contributed by atoms with Crippen LogP contribution in [-0.2, 0) is 10.2 Å². The van der Waals surface area contributed by atoms with Crippen molar-refractivity contribution in [3.8, 4) is 5.82 Å². The van der Waals surface area contributed by atoms with E-state index in [9.17, 15) is 0 Å². The van der Waals surface area contributed by atoms with Crippen LogP contribution in [0.4, 0.5) is 5.82 Å².